The molecule has 0 radical (unpaired) electrons. The second-order valence-corrected chi connectivity index (χ2v) is 15.0. The van der Waals surface area contributed by atoms with Crippen LogP contribution in [-0.4, -0.2) is 35.6 Å². The van der Waals surface area contributed by atoms with Crippen LogP contribution < -0.4 is 0 Å². The summed E-state index contributed by atoms with van der Waals surface area (Å²) in [5, 5.41) is 12.9. The van der Waals surface area contributed by atoms with E-state index in [0.29, 0.717) is 28.0 Å². The zero-order valence-electron chi connectivity index (χ0n) is 27.9. The maximum absolute atomic E-state index is 13.5. The van der Waals surface area contributed by atoms with Gasteiger partial charge in [0.05, 0.1) is 28.0 Å². The minimum absolute atomic E-state index is 0.116. The Bertz CT molecular complexity index is 2700. The standard InChI is InChI=1S/C43H31Br2N5O2/c44-32-14-6-4-12-30(32)36-21-16-26-24-28(18-20-35(26)47-36)41-49-40-37(31-13-5-7-15-33(31)45)38(43(51)52)39(27-17-19-34-25(23-27)9-8-22-46-34)48-42(40)50(41)29-10-2-1-3-11-29/h4-9,12-24,29H,1-3,10-11H2,(H,51,52). The van der Waals surface area contributed by atoms with Gasteiger partial charge in [0.2, 0.25) is 0 Å². The summed E-state index contributed by atoms with van der Waals surface area (Å²) < 4.78 is 4.06. The molecule has 1 aliphatic carbocycles. The van der Waals surface area contributed by atoms with E-state index in [2.05, 4.69) is 71.7 Å². The summed E-state index contributed by atoms with van der Waals surface area (Å²) in [7, 11) is 0. The van der Waals surface area contributed by atoms with Gasteiger partial charge in [0, 0.05) is 54.2 Å². The zero-order chi connectivity index (χ0) is 35.3. The number of aromatic carboxylic acids is 1. The van der Waals surface area contributed by atoms with Gasteiger partial charge in [-0.3, -0.25) is 4.98 Å². The molecular formula is C43H31Br2N5O2. The lowest BCUT2D eigenvalue weighted by molar-refractivity contribution is 0.0698. The third-order valence-corrected chi connectivity index (χ3v) is 11.5. The smallest absolute Gasteiger partial charge is 0.338 e. The number of halogens is 2. The number of hydrogen-bond donors (Lipinski definition) is 1. The fourth-order valence-electron chi connectivity index (χ4n) is 7.64. The van der Waals surface area contributed by atoms with Crippen molar-refractivity contribution in [2.45, 2.75) is 38.1 Å². The fraction of sp³-hybridized carbons (Fsp3) is 0.140. The summed E-state index contributed by atoms with van der Waals surface area (Å²) in [5.74, 6) is -0.288. The van der Waals surface area contributed by atoms with Crippen LogP contribution in [0, 0.1) is 0 Å². The Hall–Kier alpha value is -5.25. The number of carboxylic acids is 1. The summed E-state index contributed by atoms with van der Waals surface area (Å²) in [6, 6.07) is 36.1. The van der Waals surface area contributed by atoms with Crippen LogP contribution >= 0.6 is 31.9 Å². The van der Waals surface area contributed by atoms with Crippen LogP contribution in [0.3, 0.4) is 0 Å². The second kappa shape index (κ2) is 13.4. The molecule has 0 unspecified atom stereocenters. The van der Waals surface area contributed by atoms with E-state index >= 15 is 0 Å². The molecular weight excluding hydrogens is 778 g/mol. The molecule has 0 aliphatic heterocycles. The largest absolute Gasteiger partial charge is 0.478 e. The number of aromatic nitrogens is 5. The van der Waals surface area contributed by atoms with Crippen LogP contribution in [0.1, 0.15) is 48.5 Å². The minimum atomic E-state index is -1.06. The third kappa shape index (κ3) is 5.68. The topological polar surface area (TPSA) is 93.8 Å². The highest BCUT2D eigenvalue weighted by atomic mass is 79.9. The SMILES string of the molecule is O=C(O)c1c(-c2ccc3ncccc3c2)nc2c(nc(-c3ccc4nc(-c5ccccc5Br)ccc4c3)n2C2CCCCC2)c1-c1ccccc1Br. The highest BCUT2D eigenvalue weighted by Crippen LogP contribution is 2.44. The number of pyridine rings is 3. The van der Waals surface area contributed by atoms with Crippen molar-refractivity contribution < 1.29 is 9.90 Å². The molecule has 0 spiro atoms. The number of carboxylic acid groups (broad SMARTS) is 1. The highest BCUT2D eigenvalue weighted by molar-refractivity contribution is 9.11. The average molecular weight is 810 g/mol. The van der Waals surface area contributed by atoms with Gasteiger partial charge in [-0.15, -0.1) is 0 Å². The predicted molar refractivity (Wildman–Crippen MR) is 214 cm³/mol. The van der Waals surface area contributed by atoms with Gasteiger partial charge in [0.1, 0.15) is 11.3 Å². The van der Waals surface area contributed by atoms with Gasteiger partial charge in [0.15, 0.2) is 5.65 Å². The van der Waals surface area contributed by atoms with Crippen molar-refractivity contribution in [2.75, 3.05) is 0 Å². The van der Waals surface area contributed by atoms with Crippen LogP contribution in [0.2, 0.25) is 0 Å². The Kier molecular flexibility index (Phi) is 8.40. The number of benzene rings is 4. The number of imidazole rings is 1. The minimum Gasteiger partial charge on any atom is -0.478 e. The molecule has 9 heteroatoms. The highest BCUT2D eigenvalue weighted by Gasteiger charge is 2.31. The molecule has 0 amide bonds. The predicted octanol–water partition coefficient (Wildman–Crippen LogP) is 11.9. The Morgan fingerprint density at radius 2 is 1.38 bits per heavy atom. The second-order valence-electron chi connectivity index (χ2n) is 13.3. The molecule has 0 atom stereocenters. The maximum atomic E-state index is 13.5. The lowest BCUT2D eigenvalue weighted by atomic mass is 9.93. The van der Waals surface area contributed by atoms with Crippen molar-refractivity contribution in [3.05, 3.63) is 130 Å². The van der Waals surface area contributed by atoms with E-state index in [0.717, 1.165) is 84.6 Å². The summed E-state index contributed by atoms with van der Waals surface area (Å²) in [5.41, 5.74) is 8.34. The molecule has 1 saturated carbocycles. The molecule has 9 rings (SSSR count). The number of fused-ring (bicyclic) bond motifs is 3. The van der Waals surface area contributed by atoms with Gasteiger partial charge in [-0.25, -0.2) is 19.7 Å². The van der Waals surface area contributed by atoms with Gasteiger partial charge < -0.3 is 9.67 Å². The molecule has 4 aromatic heterocycles. The van der Waals surface area contributed by atoms with Crippen molar-refractivity contribution in [3.63, 3.8) is 0 Å². The number of nitrogens with zero attached hydrogens (tertiary/aromatic N) is 5. The number of hydrogen-bond acceptors (Lipinski definition) is 5. The number of rotatable bonds is 6. The summed E-state index contributed by atoms with van der Waals surface area (Å²) in [4.78, 5) is 33.6. The monoisotopic (exact) mass is 807 g/mol. The van der Waals surface area contributed by atoms with Crippen LogP contribution in [0.25, 0.3) is 78.0 Å². The van der Waals surface area contributed by atoms with Crippen molar-refractivity contribution >= 4 is 70.8 Å². The van der Waals surface area contributed by atoms with Crippen molar-refractivity contribution in [1.29, 1.82) is 0 Å². The van der Waals surface area contributed by atoms with Crippen LogP contribution in [0.5, 0.6) is 0 Å². The molecule has 8 aromatic rings. The quantitative estimate of drug-likeness (QED) is 0.180. The molecule has 4 aromatic carbocycles. The van der Waals surface area contributed by atoms with Crippen molar-refractivity contribution in [2.24, 2.45) is 0 Å². The fourth-order valence-corrected chi connectivity index (χ4v) is 8.61. The van der Waals surface area contributed by atoms with Crippen LogP contribution in [0.4, 0.5) is 0 Å². The summed E-state index contributed by atoms with van der Waals surface area (Å²) in [6.07, 6.45) is 7.15. The molecule has 4 heterocycles. The van der Waals surface area contributed by atoms with Crippen LogP contribution in [-0.2, 0) is 0 Å². The lowest BCUT2D eigenvalue weighted by Gasteiger charge is -2.25. The number of carbonyl (C=O) groups is 1. The summed E-state index contributed by atoms with van der Waals surface area (Å²) >= 11 is 7.42. The van der Waals surface area contributed by atoms with E-state index in [1.165, 1.54) is 6.42 Å². The summed E-state index contributed by atoms with van der Waals surface area (Å²) in [6.45, 7) is 0. The zero-order valence-corrected chi connectivity index (χ0v) is 31.1. The van der Waals surface area contributed by atoms with Gasteiger partial charge in [-0.2, -0.15) is 0 Å². The first kappa shape index (κ1) is 32.6. The van der Waals surface area contributed by atoms with E-state index in [-0.39, 0.29) is 11.6 Å². The molecule has 0 saturated heterocycles. The van der Waals surface area contributed by atoms with E-state index < -0.39 is 5.97 Å². The Morgan fingerprint density at radius 3 is 2.15 bits per heavy atom. The van der Waals surface area contributed by atoms with Crippen LogP contribution in [0.15, 0.2) is 124 Å². The van der Waals surface area contributed by atoms with Gasteiger partial charge in [-0.1, -0.05) is 106 Å². The van der Waals surface area contributed by atoms with E-state index in [9.17, 15) is 9.90 Å². The molecule has 7 nitrogen and oxygen atoms in total. The molecule has 1 N–H and O–H groups in total. The first-order valence-electron chi connectivity index (χ1n) is 17.4. The van der Waals surface area contributed by atoms with Gasteiger partial charge in [0.25, 0.3) is 0 Å². The van der Waals surface area contributed by atoms with Crippen molar-refractivity contribution in [3.8, 4) is 45.0 Å². The van der Waals surface area contributed by atoms with Crippen molar-refractivity contribution in [1.82, 2.24) is 24.5 Å². The van der Waals surface area contributed by atoms with E-state index in [1.807, 2.05) is 78.9 Å². The molecule has 1 fully saturated rings. The normalized spacial score (nSPS) is 13.7. The molecule has 0 bridgehead atoms. The Balaban J connectivity index is 1.33. The Morgan fingerprint density at radius 1 is 0.692 bits per heavy atom. The first-order valence-corrected chi connectivity index (χ1v) is 19.0. The third-order valence-electron chi connectivity index (χ3n) is 10.1. The molecule has 254 valence electrons. The van der Waals surface area contributed by atoms with Gasteiger partial charge >= 0.3 is 5.97 Å². The maximum Gasteiger partial charge on any atom is 0.338 e. The molecule has 1 aliphatic rings. The van der Waals surface area contributed by atoms with E-state index in [1.54, 1.807) is 6.20 Å². The van der Waals surface area contributed by atoms with Gasteiger partial charge in [-0.05, 0) is 73.0 Å². The van der Waals surface area contributed by atoms with E-state index in [4.69, 9.17) is 15.0 Å². The Labute approximate surface area is 316 Å². The molecule has 52 heavy (non-hydrogen) atoms. The lowest BCUT2D eigenvalue weighted by Crippen LogP contribution is -2.15. The average Bonchev–Trinajstić information content (AvgIpc) is 3.57. The first-order chi connectivity index (χ1) is 25.4.